The Morgan fingerprint density at radius 1 is 0.517 bits per heavy atom. The first-order valence-corrected chi connectivity index (χ1v) is 25.8. The predicted octanol–water partition coefficient (Wildman–Crippen LogP) is 10.1. The van der Waals surface area contributed by atoms with Crippen molar-refractivity contribution in [3.63, 3.8) is 0 Å². The van der Waals surface area contributed by atoms with Gasteiger partial charge in [0.2, 0.25) is 5.91 Å². The van der Waals surface area contributed by atoms with E-state index in [0.29, 0.717) is 12.8 Å². The van der Waals surface area contributed by atoms with Crippen LogP contribution in [0.3, 0.4) is 0 Å². The Hall–Kier alpha value is -0.850. The number of ether oxygens (including phenoxy) is 2. The first-order chi connectivity index (χ1) is 29.3. The lowest BCUT2D eigenvalue weighted by Crippen LogP contribution is -2.59. The van der Waals surface area contributed by atoms with Gasteiger partial charge in [-0.1, -0.05) is 200 Å². The van der Waals surface area contributed by atoms with Crippen LogP contribution in [0.4, 0.5) is 0 Å². The quantitative estimate of drug-likeness (QED) is 0.0295. The normalized spacial score (nSPS) is 21.0. The van der Waals surface area contributed by atoms with E-state index in [1.165, 1.54) is 167 Å². The number of aliphatic hydroxyl groups is 6. The smallest absolute Gasteiger partial charge is 0.220 e. The molecule has 0 aliphatic carbocycles. The van der Waals surface area contributed by atoms with Crippen LogP contribution >= 0.6 is 0 Å². The van der Waals surface area contributed by atoms with Crippen molar-refractivity contribution in [3.8, 4) is 0 Å². The number of carbonyl (C=O) groups excluding carboxylic acids is 1. The molecule has 0 aromatic rings. The van der Waals surface area contributed by atoms with Crippen molar-refractivity contribution in [3.05, 3.63) is 0 Å². The van der Waals surface area contributed by atoms with Crippen molar-refractivity contribution in [1.29, 1.82) is 0 Å². The topological polar surface area (TPSA) is 169 Å². The van der Waals surface area contributed by atoms with Crippen LogP contribution in [0.1, 0.15) is 245 Å². The standard InChI is InChI=1S/C50H99NO9/c1-3-5-7-8-9-10-11-19-22-25-28-31-35-43(53)47(55)42(37-38-44-48(56)50(58)49(57)45(41-52)60-44)51-46(54)36-32-29-26-23-20-17-15-13-12-14-16-18-21-24-27-30-34-40-59-39-33-6-4-2/h42-45,47-50,52-53,55-58H,3-41H2,1-2H3,(H,51,54)/t42-,43+,44+,45?,47-,48+,49-,50?/m0/s1. The van der Waals surface area contributed by atoms with Crippen LogP contribution in [0.2, 0.25) is 0 Å². The molecule has 1 saturated heterocycles. The monoisotopic (exact) mass is 858 g/mol. The van der Waals surface area contributed by atoms with Crippen LogP contribution in [0.15, 0.2) is 0 Å². The average Bonchev–Trinajstić information content (AvgIpc) is 3.25. The summed E-state index contributed by atoms with van der Waals surface area (Å²) < 4.78 is 11.4. The van der Waals surface area contributed by atoms with Gasteiger partial charge in [0.25, 0.3) is 0 Å². The van der Waals surface area contributed by atoms with Gasteiger partial charge in [-0.05, 0) is 38.5 Å². The van der Waals surface area contributed by atoms with E-state index >= 15 is 0 Å². The Bertz CT molecular complexity index is 926. The van der Waals surface area contributed by atoms with Gasteiger partial charge in [-0.25, -0.2) is 0 Å². The van der Waals surface area contributed by atoms with Crippen LogP contribution in [0, 0.1) is 0 Å². The van der Waals surface area contributed by atoms with Crippen LogP contribution in [0.25, 0.3) is 0 Å². The molecule has 1 heterocycles. The minimum absolute atomic E-state index is 0.158. The molecule has 0 aromatic heterocycles. The number of amides is 1. The first-order valence-electron chi connectivity index (χ1n) is 25.8. The average molecular weight is 858 g/mol. The maximum absolute atomic E-state index is 13.1. The van der Waals surface area contributed by atoms with Crippen LogP contribution in [0.5, 0.6) is 0 Å². The van der Waals surface area contributed by atoms with Crippen LogP contribution in [-0.2, 0) is 14.3 Å². The maximum Gasteiger partial charge on any atom is 0.220 e. The van der Waals surface area contributed by atoms with Crippen LogP contribution in [-0.4, -0.2) is 105 Å². The van der Waals surface area contributed by atoms with Crippen molar-refractivity contribution in [2.45, 2.75) is 294 Å². The van der Waals surface area contributed by atoms with Gasteiger partial charge in [-0.3, -0.25) is 4.79 Å². The molecule has 0 saturated carbocycles. The van der Waals surface area contributed by atoms with Gasteiger partial charge in [0.1, 0.15) is 24.4 Å². The van der Waals surface area contributed by atoms with E-state index in [0.717, 1.165) is 51.7 Å². The Balaban J connectivity index is 2.26. The molecule has 60 heavy (non-hydrogen) atoms. The third-order valence-corrected chi connectivity index (χ3v) is 12.8. The minimum Gasteiger partial charge on any atom is -0.394 e. The summed E-state index contributed by atoms with van der Waals surface area (Å²) in [6.45, 7) is 5.83. The van der Waals surface area contributed by atoms with Crippen molar-refractivity contribution in [1.82, 2.24) is 5.32 Å². The molecule has 1 rings (SSSR count). The van der Waals surface area contributed by atoms with Crippen molar-refractivity contribution < 1.29 is 44.9 Å². The fourth-order valence-corrected chi connectivity index (χ4v) is 8.70. The largest absolute Gasteiger partial charge is 0.394 e. The summed E-state index contributed by atoms with van der Waals surface area (Å²) in [7, 11) is 0. The van der Waals surface area contributed by atoms with Gasteiger partial charge in [0, 0.05) is 19.6 Å². The molecule has 1 aliphatic heterocycles. The van der Waals surface area contributed by atoms with E-state index in [4.69, 9.17) is 9.47 Å². The molecule has 0 aromatic carbocycles. The van der Waals surface area contributed by atoms with Gasteiger partial charge in [-0.15, -0.1) is 0 Å². The predicted molar refractivity (Wildman–Crippen MR) is 246 cm³/mol. The zero-order valence-electron chi connectivity index (χ0n) is 39.1. The Morgan fingerprint density at radius 2 is 0.900 bits per heavy atom. The van der Waals surface area contributed by atoms with Gasteiger partial charge < -0.3 is 45.4 Å². The second kappa shape index (κ2) is 40.9. The number of unbranched alkanes of at least 4 members (excludes halogenated alkanes) is 29. The van der Waals surface area contributed by atoms with Crippen molar-refractivity contribution in [2.75, 3.05) is 19.8 Å². The summed E-state index contributed by atoms with van der Waals surface area (Å²) in [6.07, 6.45) is 32.2. The second-order valence-corrected chi connectivity index (χ2v) is 18.4. The minimum atomic E-state index is -1.48. The molecule has 8 atom stereocenters. The highest BCUT2D eigenvalue weighted by molar-refractivity contribution is 5.76. The highest BCUT2D eigenvalue weighted by Gasteiger charge is 2.43. The molecule has 2 unspecified atom stereocenters. The lowest BCUT2D eigenvalue weighted by molar-refractivity contribution is -0.231. The summed E-state index contributed by atoms with van der Waals surface area (Å²) in [5, 5.41) is 65.8. The molecular formula is C50H99NO9. The Labute approximate surface area is 368 Å². The van der Waals surface area contributed by atoms with E-state index in [1.54, 1.807) is 0 Å². The lowest BCUT2D eigenvalue weighted by atomic mass is 9.90. The highest BCUT2D eigenvalue weighted by atomic mass is 16.5. The van der Waals surface area contributed by atoms with E-state index in [1.807, 2.05) is 0 Å². The summed E-state index contributed by atoms with van der Waals surface area (Å²) >= 11 is 0. The molecule has 0 radical (unpaired) electrons. The lowest BCUT2D eigenvalue weighted by Gasteiger charge is -2.40. The van der Waals surface area contributed by atoms with Crippen molar-refractivity contribution in [2.24, 2.45) is 0 Å². The SMILES string of the molecule is CCCCCCCCCCCCCC[C@@H](O)[C@@H](O)[C@H](CC[C@H]1OC(CO)[C@H](O)C(O)[C@@H]1O)NC(=O)CCCCCCCCCCCCCCCCCCCOCCCCC. The van der Waals surface area contributed by atoms with E-state index in [2.05, 4.69) is 19.2 Å². The molecule has 1 amide bonds. The number of rotatable bonds is 44. The second-order valence-electron chi connectivity index (χ2n) is 18.4. The molecule has 0 spiro atoms. The summed E-state index contributed by atoms with van der Waals surface area (Å²) in [5.74, 6) is -0.177. The summed E-state index contributed by atoms with van der Waals surface area (Å²) in [5.41, 5.74) is 0. The van der Waals surface area contributed by atoms with Gasteiger partial charge >= 0.3 is 0 Å². The Kier molecular flexibility index (Phi) is 39.0. The fourth-order valence-electron chi connectivity index (χ4n) is 8.70. The summed E-state index contributed by atoms with van der Waals surface area (Å²) in [6, 6.07) is -0.766. The van der Waals surface area contributed by atoms with E-state index < -0.39 is 55.4 Å². The molecule has 10 heteroatoms. The molecule has 7 N–H and O–H groups in total. The molecule has 10 nitrogen and oxygen atoms in total. The number of hydrogen-bond donors (Lipinski definition) is 7. The molecular weight excluding hydrogens is 759 g/mol. The maximum atomic E-state index is 13.1. The van der Waals surface area contributed by atoms with Crippen molar-refractivity contribution >= 4 is 5.91 Å². The van der Waals surface area contributed by atoms with Gasteiger partial charge in [0.05, 0.1) is 31.0 Å². The van der Waals surface area contributed by atoms with E-state index in [9.17, 15) is 35.4 Å². The third-order valence-electron chi connectivity index (χ3n) is 12.8. The van der Waals surface area contributed by atoms with Crippen LogP contribution < -0.4 is 5.32 Å². The number of aliphatic hydroxyl groups excluding tert-OH is 6. The fraction of sp³-hybridized carbons (Fsp3) is 0.980. The molecule has 0 bridgehead atoms. The number of carbonyl (C=O) groups is 1. The summed E-state index contributed by atoms with van der Waals surface area (Å²) in [4.78, 5) is 13.1. The number of nitrogens with one attached hydrogen (secondary N) is 1. The number of hydrogen-bond acceptors (Lipinski definition) is 9. The molecule has 1 fully saturated rings. The third kappa shape index (κ3) is 30.3. The molecule has 358 valence electrons. The van der Waals surface area contributed by atoms with E-state index in [-0.39, 0.29) is 18.7 Å². The highest BCUT2D eigenvalue weighted by Crippen LogP contribution is 2.26. The molecule has 1 aliphatic rings. The van der Waals surface area contributed by atoms with Gasteiger partial charge in [0.15, 0.2) is 0 Å². The zero-order valence-corrected chi connectivity index (χ0v) is 39.1. The van der Waals surface area contributed by atoms with Gasteiger partial charge in [-0.2, -0.15) is 0 Å². The Morgan fingerprint density at radius 3 is 1.37 bits per heavy atom. The zero-order chi connectivity index (χ0) is 43.9. The first kappa shape index (κ1) is 57.2.